The fraction of sp³-hybridized carbons (Fsp3) is 0.108. The molecule has 2 amide bonds. The van der Waals surface area contributed by atoms with E-state index >= 15 is 0 Å². The van der Waals surface area contributed by atoms with Gasteiger partial charge in [0.1, 0.15) is 5.70 Å². The van der Waals surface area contributed by atoms with Gasteiger partial charge in [0.05, 0.1) is 41.9 Å². The van der Waals surface area contributed by atoms with Crippen LogP contribution in [0.25, 0.3) is 28.2 Å². The monoisotopic (exact) mass is 658 g/mol. The molecular weight excluding hydrogens is 628 g/mol. The Bertz CT molecular complexity index is 2100. The van der Waals surface area contributed by atoms with Gasteiger partial charge in [0.2, 0.25) is 5.91 Å². The number of ether oxygens (including phenoxy) is 2. The number of carbonyl (C=O) groups excluding carboxylic acids is 2. The molecule has 0 bridgehead atoms. The van der Waals surface area contributed by atoms with Crippen molar-refractivity contribution in [2.75, 3.05) is 24.4 Å². The third-order valence-electron chi connectivity index (χ3n) is 7.60. The minimum Gasteiger partial charge on any atom is -0.493 e. The van der Waals surface area contributed by atoms with Crippen LogP contribution in [0, 0.1) is 0 Å². The van der Waals surface area contributed by atoms with Crippen LogP contribution < -0.4 is 19.7 Å². The number of fused-ring (bicyclic) bond motifs is 1. The zero-order chi connectivity index (χ0) is 33.8. The highest BCUT2D eigenvalue weighted by Crippen LogP contribution is 2.34. The summed E-state index contributed by atoms with van der Waals surface area (Å²) in [6.45, 7) is 1.74. The lowest BCUT2D eigenvalue weighted by molar-refractivity contribution is -0.115. The summed E-state index contributed by atoms with van der Waals surface area (Å²) in [4.78, 5) is 49.7. The maximum Gasteiger partial charge on any atom is 0.336 e. The predicted molar refractivity (Wildman–Crippen MR) is 189 cm³/mol. The number of methoxy groups -OCH3 is 2. The summed E-state index contributed by atoms with van der Waals surface area (Å²) in [6, 6.07) is 30.1. The predicted octanol–water partition coefficient (Wildman–Crippen LogP) is 7.12. The van der Waals surface area contributed by atoms with E-state index in [0.717, 1.165) is 0 Å². The summed E-state index contributed by atoms with van der Waals surface area (Å²) in [5.74, 6) is -0.559. The number of carboxylic acid groups (broad SMARTS) is 1. The smallest absolute Gasteiger partial charge is 0.336 e. The first-order valence-corrected chi connectivity index (χ1v) is 15.8. The molecule has 1 aromatic heterocycles. The van der Waals surface area contributed by atoms with Crippen molar-refractivity contribution in [3.63, 3.8) is 0 Å². The van der Waals surface area contributed by atoms with Crippen LogP contribution >= 0.6 is 11.8 Å². The summed E-state index contributed by atoms with van der Waals surface area (Å²) in [7, 11) is 3.09. The van der Waals surface area contributed by atoms with Gasteiger partial charge in [0.15, 0.2) is 16.7 Å². The van der Waals surface area contributed by atoms with Gasteiger partial charge in [-0.15, -0.1) is 0 Å². The van der Waals surface area contributed by atoms with Crippen LogP contribution in [0.3, 0.4) is 0 Å². The zero-order valence-electron chi connectivity index (χ0n) is 26.2. The summed E-state index contributed by atoms with van der Waals surface area (Å²) >= 11 is 1.17. The number of hydrogen-bond donors (Lipinski definition) is 2. The number of amidine groups is 1. The van der Waals surface area contributed by atoms with Gasteiger partial charge in [-0.25, -0.2) is 14.8 Å². The van der Waals surface area contributed by atoms with Crippen molar-refractivity contribution in [3.05, 3.63) is 120 Å². The summed E-state index contributed by atoms with van der Waals surface area (Å²) in [5.41, 5.74) is 4.05. The fourth-order valence-electron chi connectivity index (χ4n) is 5.16. The van der Waals surface area contributed by atoms with Crippen LogP contribution in [0.1, 0.15) is 22.8 Å². The number of aromatic carboxylic acids is 1. The number of amides is 2. The first-order chi connectivity index (χ1) is 23.2. The zero-order valence-corrected chi connectivity index (χ0v) is 27.0. The molecule has 240 valence electrons. The Kier molecular flexibility index (Phi) is 9.22. The first kappa shape index (κ1) is 32.0. The number of thioether (sulfide) groups is 1. The van der Waals surface area contributed by atoms with Crippen molar-refractivity contribution in [1.29, 1.82) is 0 Å². The molecule has 11 heteroatoms. The molecule has 4 aromatic carbocycles. The number of rotatable bonds is 9. The van der Waals surface area contributed by atoms with Crippen molar-refractivity contribution in [3.8, 4) is 22.8 Å². The van der Waals surface area contributed by atoms with Gasteiger partial charge in [0, 0.05) is 16.6 Å². The number of nitrogens with one attached hydrogen (secondary N) is 1. The lowest BCUT2D eigenvalue weighted by atomic mass is 10.0. The highest BCUT2D eigenvalue weighted by atomic mass is 32.2. The maximum absolute atomic E-state index is 13.7. The molecule has 0 saturated heterocycles. The van der Waals surface area contributed by atoms with Crippen molar-refractivity contribution >= 4 is 63.1 Å². The molecule has 1 atom stereocenters. The van der Waals surface area contributed by atoms with Gasteiger partial charge in [-0.2, -0.15) is 0 Å². The Labute approximate surface area is 280 Å². The average Bonchev–Trinajstić information content (AvgIpc) is 3.41. The Hall–Kier alpha value is -5.94. The van der Waals surface area contributed by atoms with Crippen LogP contribution in [0.5, 0.6) is 11.5 Å². The van der Waals surface area contributed by atoms with E-state index in [4.69, 9.17) is 9.47 Å². The molecule has 1 aliphatic heterocycles. The lowest BCUT2D eigenvalue weighted by Crippen LogP contribution is -2.33. The molecule has 2 N–H and O–H groups in total. The van der Waals surface area contributed by atoms with Crippen molar-refractivity contribution in [2.45, 2.75) is 12.2 Å². The number of carbonyl (C=O) groups is 3. The van der Waals surface area contributed by atoms with E-state index in [0.29, 0.717) is 55.8 Å². The van der Waals surface area contributed by atoms with E-state index in [1.54, 1.807) is 93.9 Å². The van der Waals surface area contributed by atoms with Crippen LogP contribution in [0.4, 0.5) is 11.4 Å². The van der Waals surface area contributed by atoms with Gasteiger partial charge in [-0.3, -0.25) is 14.5 Å². The number of para-hydroxylation sites is 2. The maximum atomic E-state index is 13.7. The number of pyridine rings is 1. The number of nitrogens with zero attached hydrogens (tertiary/aromatic N) is 3. The van der Waals surface area contributed by atoms with E-state index in [1.165, 1.54) is 16.7 Å². The molecule has 2 heterocycles. The van der Waals surface area contributed by atoms with Crippen LogP contribution in [-0.4, -0.2) is 52.5 Å². The minimum atomic E-state index is -1.03. The van der Waals surface area contributed by atoms with E-state index < -0.39 is 11.2 Å². The number of anilines is 2. The second kappa shape index (κ2) is 13.8. The SMILES string of the molecule is COc1ccc(/C=C2\N=C(SC(C)C(=O)Nc3ccc(-c4cc(C(=O)O)c5ccccc5n4)cc3)N(c3ccccc3)C2=O)cc1OC. The molecule has 0 aliphatic carbocycles. The van der Waals surface area contributed by atoms with Gasteiger partial charge in [-0.1, -0.05) is 66.4 Å². The topological polar surface area (TPSA) is 130 Å². The summed E-state index contributed by atoms with van der Waals surface area (Å²) in [6.07, 6.45) is 1.67. The minimum absolute atomic E-state index is 0.165. The van der Waals surface area contributed by atoms with E-state index in [-0.39, 0.29) is 23.1 Å². The molecule has 0 saturated carbocycles. The molecule has 0 radical (unpaired) electrons. The largest absolute Gasteiger partial charge is 0.493 e. The van der Waals surface area contributed by atoms with Crippen LogP contribution in [0.15, 0.2) is 114 Å². The van der Waals surface area contributed by atoms with Crippen molar-refractivity contribution < 1.29 is 29.0 Å². The molecule has 5 aromatic rings. The fourth-order valence-corrected chi connectivity index (χ4v) is 6.09. The first-order valence-electron chi connectivity index (χ1n) is 14.9. The number of carboxylic acids is 1. The summed E-state index contributed by atoms with van der Waals surface area (Å²) in [5, 5.41) is 13.0. The molecule has 0 spiro atoms. The average molecular weight is 659 g/mol. The van der Waals surface area contributed by atoms with Crippen molar-refractivity contribution in [2.24, 2.45) is 4.99 Å². The van der Waals surface area contributed by atoms with Crippen molar-refractivity contribution in [1.82, 2.24) is 4.98 Å². The van der Waals surface area contributed by atoms with Gasteiger partial charge in [-0.05, 0) is 67.1 Å². The Morgan fingerprint density at radius 1 is 0.896 bits per heavy atom. The van der Waals surface area contributed by atoms with E-state index in [9.17, 15) is 19.5 Å². The highest BCUT2D eigenvalue weighted by molar-refractivity contribution is 8.15. The Balaban J connectivity index is 1.21. The highest BCUT2D eigenvalue weighted by Gasteiger charge is 2.34. The number of aliphatic imine (C=N–C) groups is 1. The van der Waals surface area contributed by atoms with E-state index in [1.807, 2.05) is 36.4 Å². The van der Waals surface area contributed by atoms with Gasteiger partial charge in [0.25, 0.3) is 5.91 Å². The second-order valence-electron chi connectivity index (χ2n) is 10.7. The number of benzene rings is 4. The molecule has 1 unspecified atom stereocenters. The lowest BCUT2D eigenvalue weighted by Gasteiger charge is -2.20. The quantitative estimate of drug-likeness (QED) is 0.160. The molecular formula is C37H30N4O6S. The molecule has 6 rings (SSSR count). The van der Waals surface area contributed by atoms with Crippen LogP contribution in [-0.2, 0) is 9.59 Å². The van der Waals surface area contributed by atoms with Gasteiger partial charge >= 0.3 is 5.97 Å². The summed E-state index contributed by atoms with van der Waals surface area (Å²) < 4.78 is 10.7. The Morgan fingerprint density at radius 2 is 1.60 bits per heavy atom. The molecule has 0 fully saturated rings. The third kappa shape index (κ3) is 6.62. The Morgan fingerprint density at radius 3 is 2.31 bits per heavy atom. The number of hydrogen-bond acceptors (Lipinski definition) is 8. The molecule has 1 aliphatic rings. The standard InChI is InChI=1S/C37H30N4O6S/c1-22(34(42)38-25-16-14-24(15-17-25)30-21-28(36(44)45)27-11-7-8-12-29(27)39-30)48-37-40-31(35(43)41(37)26-9-5-4-6-10-26)19-23-13-18-32(46-2)33(20-23)47-3/h4-22H,1-3H3,(H,38,42)(H,44,45)/b31-19-. The van der Waals surface area contributed by atoms with Crippen LogP contribution in [0.2, 0.25) is 0 Å². The van der Waals surface area contributed by atoms with E-state index in [2.05, 4.69) is 15.3 Å². The second-order valence-corrected chi connectivity index (χ2v) is 12.0. The van der Waals surface area contributed by atoms with Gasteiger partial charge < -0.3 is 19.9 Å². The third-order valence-corrected chi connectivity index (χ3v) is 8.65. The molecule has 10 nitrogen and oxygen atoms in total. The normalized spacial score (nSPS) is 14.1. The molecule has 48 heavy (non-hydrogen) atoms. The number of aromatic nitrogens is 1.